The summed E-state index contributed by atoms with van der Waals surface area (Å²) in [5.74, 6) is -1.43. The van der Waals surface area contributed by atoms with Crippen molar-refractivity contribution in [2.24, 2.45) is 0 Å². The van der Waals surface area contributed by atoms with E-state index in [-0.39, 0.29) is 19.3 Å². The predicted molar refractivity (Wildman–Crippen MR) is 100 cm³/mol. The summed E-state index contributed by atoms with van der Waals surface area (Å²) in [7, 11) is 0. The molecule has 1 saturated heterocycles. The van der Waals surface area contributed by atoms with E-state index in [1.807, 2.05) is 18.4 Å². The zero-order valence-electron chi connectivity index (χ0n) is 14.4. The van der Waals surface area contributed by atoms with Crippen molar-refractivity contribution in [3.63, 3.8) is 0 Å². The molecule has 0 spiro atoms. The number of hydrogen-bond acceptors (Lipinski definition) is 6. The molecule has 0 bridgehead atoms. The second-order valence-corrected chi connectivity index (χ2v) is 8.37. The Bertz CT molecular complexity index is 846. The van der Waals surface area contributed by atoms with Crippen LogP contribution in [0.2, 0.25) is 0 Å². The molecule has 136 valence electrons. The molecule has 2 aromatic rings. The maximum atomic E-state index is 12.6. The standard InChI is InChI=1S/C18H19N3O3S2/c1-2-7-20-16(22)17(23)21(18(20)24)11-19-8-5-13-12(6-10-26-13)15(19)14-4-3-9-25-14/h3-4,6,9-10,15H,2,5,7-8,11H2,1H3/t15-/m0/s1. The first kappa shape index (κ1) is 17.4. The van der Waals surface area contributed by atoms with Gasteiger partial charge in [0.2, 0.25) is 0 Å². The minimum Gasteiger partial charge on any atom is -0.273 e. The molecule has 0 radical (unpaired) electrons. The molecule has 8 heteroatoms. The molecule has 0 saturated carbocycles. The number of hydrogen-bond donors (Lipinski definition) is 0. The molecule has 2 aliphatic rings. The molecule has 26 heavy (non-hydrogen) atoms. The van der Waals surface area contributed by atoms with Gasteiger partial charge in [-0.15, -0.1) is 22.7 Å². The van der Waals surface area contributed by atoms with Gasteiger partial charge in [-0.2, -0.15) is 0 Å². The summed E-state index contributed by atoms with van der Waals surface area (Å²) in [6, 6.07) is 5.73. The molecule has 0 N–H and O–H groups in total. The van der Waals surface area contributed by atoms with E-state index in [2.05, 4.69) is 22.4 Å². The fourth-order valence-corrected chi connectivity index (χ4v) is 5.36. The molecule has 0 aliphatic carbocycles. The Morgan fingerprint density at radius 3 is 2.62 bits per heavy atom. The van der Waals surface area contributed by atoms with E-state index < -0.39 is 17.8 Å². The van der Waals surface area contributed by atoms with Gasteiger partial charge in [-0.05, 0) is 41.3 Å². The van der Waals surface area contributed by atoms with E-state index in [1.165, 1.54) is 15.3 Å². The van der Waals surface area contributed by atoms with E-state index in [4.69, 9.17) is 0 Å². The van der Waals surface area contributed by atoms with Crippen LogP contribution in [0.5, 0.6) is 0 Å². The van der Waals surface area contributed by atoms with Gasteiger partial charge < -0.3 is 0 Å². The first-order chi connectivity index (χ1) is 12.6. The van der Waals surface area contributed by atoms with Crippen LogP contribution in [0.15, 0.2) is 29.0 Å². The quantitative estimate of drug-likeness (QED) is 0.583. The second-order valence-electron chi connectivity index (χ2n) is 6.39. The SMILES string of the molecule is CCCN1C(=O)C(=O)N(CN2CCc3sccc3[C@H]2c2cccs2)C1=O. The van der Waals surface area contributed by atoms with Crippen LogP contribution in [0, 0.1) is 0 Å². The van der Waals surface area contributed by atoms with Crippen molar-refractivity contribution in [1.29, 1.82) is 0 Å². The number of urea groups is 1. The van der Waals surface area contributed by atoms with Gasteiger partial charge in [-0.25, -0.2) is 9.69 Å². The number of nitrogens with zero attached hydrogens (tertiary/aromatic N) is 3. The Balaban J connectivity index is 1.62. The maximum absolute atomic E-state index is 12.6. The van der Waals surface area contributed by atoms with E-state index in [0.29, 0.717) is 6.42 Å². The fraction of sp³-hybridized carbons (Fsp3) is 0.389. The lowest BCUT2D eigenvalue weighted by Gasteiger charge is -2.36. The largest absolute Gasteiger partial charge is 0.335 e. The zero-order valence-corrected chi connectivity index (χ0v) is 16.0. The normalized spacial score (nSPS) is 21.0. The molecule has 1 atom stereocenters. The minimum absolute atomic E-state index is 0.0147. The maximum Gasteiger partial charge on any atom is 0.335 e. The average Bonchev–Trinajstić information content (AvgIpc) is 3.36. The number of thiophene rings is 2. The van der Waals surface area contributed by atoms with Gasteiger partial charge in [0.1, 0.15) is 0 Å². The molecular weight excluding hydrogens is 370 g/mol. The van der Waals surface area contributed by atoms with Gasteiger partial charge in [0.05, 0.1) is 12.7 Å². The Hall–Kier alpha value is -2.03. The number of fused-ring (bicyclic) bond motifs is 1. The number of imide groups is 2. The Labute approximate surface area is 159 Å². The average molecular weight is 390 g/mol. The van der Waals surface area contributed by atoms with E-state index in [9.17, 15) is 14.4 Å². The third-order valence-electron chi connectivity index (χ3n) is 4.78. The number of rotatable bonds is 5. The summed E-state index contributed by atoms with van der Waals surface area (Å²) in [5, 5.41) is 4.13. The highest BCUT2D eigenvalue weighted by atomic mass is 32.1. The van der Waals surface area contributed by atoms with Gasteiger partial charge in [0.25, 0.3) is 0 Å². The first-order valence-electron chi connectivity index (χ1n) is 8.62. The molecule has 4 amide bonds. The number of carbonyl (C=O) groups excluding carboxylic acids is 3. The third-order valence-corrected chi connectivity index (χ3v) is 6.70. The van der Waals surface area contributed by atoms with E-state index in [0.717, 1.165) is 22.8 Å². The van der Waals surface area contributed by atoms with Crippen molar-refractivity contribution in [2.75, 3.05) is 19.8 Å². The van der Waals surface area contributed by atoms with Crippen LogP contribution in [-0.4, -0.2) is 52.3 Å². The monoisotopic (exact) mass is 389 g/mol. The number of amides is 4. The highest BCUT2D eigenvalue weighted by Crippen LogP contribution is 2.39. The first-order valence-corrected chi connectivity index (χ1v) is 10.4. The van der Waals surface area contributed by atoms with Crippen LogP contribution in [0.3, 0.4) is 0 Å². The molecule has 2 aliphatic heterocycles. The van der Waals surface area contributed by atoms with Crippen molar-refractivity contribution in [2.45, 2.75) is 25.8 Å². The van der Waals surface area contributed by atoms with Crippen molar-refractivity contribution in [1.82, 2.24) is 14.7 Å². The highest BCUT2D eigenvalue weighted by molar-refractivity contribution is 7.10. The van der Waals surface area contributed by atoms with Crippen molar-refractivity contribution < 1.29 is 14.4 Å². The van der Waals surface area contributed by atoms with Crippen LogP contribution in [-0.2, 0) is 16.0 Å². The third kappa shape index (κ3) is 2.78. The lowest BCUT2D eigenvalue weighted by molar-refractivity contribution is -0.144. The van der Waals surface area contributed by atoms with Gasteiger partial charge >= 0.3 is 17.8 Å². The van der Waals surface area contributed by atoms with E-state index in [1.54, 1.807) is 22.7 Å². The van der Waals surface area contributed by atoms with Crippen LogP contribution < -0.4 is 0 Å². The molecule has 0 unspecified atom stereocenters. The molecule has 4 heterocycles. The van der Waals surface area contributed by atoms with Crippen LogP contribution in [0.25, 0.3) is 0 Å². The second kappa shape index (κ2) is 6.94. The van der Waals surface area contributed by atoms with Crippen molar-refractivity contribution in [3.05, 3.63) is 44.3 Å². The summed E-state index contributed by atoms with van der Waals surface area (Å²) in [6.45, 7) is 3.04. The fourth-order valence-electron chi connectivity index (χ4n) is 3.58. The Kier molecular flexibility index (Phi) is 4.64. The van der Waals surface area contributed by atoms with Crippen molar-refractivity contribution >= 4 is 40.5 Å². The smallest absolute Gasteiger partial charge is 0.273 e. The molecule has 0 aromatic carbocycles. The Morgan fingerprint density at radius 1 is 1.08 bits per heavy atom. The summed E-state index contributed by atoms with van der Waals surface area (Å²) >= 11 is 3.41. The minimum atomic E-state index is -0.718. The lowest BCUT2D eigenvalue weighted by Crippen LogP contribution is -2.46. The highest BCUT2D eigenvalue weighted by Gasteiger charge is 2.45. The van der Waals surface area contributed by atoms with Crippen LogP contribution in [0.1, 0.15) is 34.7 Å². The van der Waals surface area contributed by atoms with Gasteiger partial charge in [0.15, 0.2) is 0 Å². The molecule has 2 aromatic heterocycles. The molecule has 4 rings (SSSR count). The number of carbonyl (C=O) groups is 3. The lowest BCUT2D eigenvalue weighted by atomic mass is 9.99. The summed E-state index contributed by atoms with van der Waals surface area (Å²) in [5.41, 5.74) is 1.24. The Morgan fingerprint density at radius 2 is 1.88 bits per heavy atom. The molecule has 6 nitrogen and oxygen atoms in total. The summed E-state index contributed by atoms with van der Waals surface area (Å²) in [4.78, 5) is 43.9. The topological polar surface area (TPSA) is 60.9 Å². The summed E-state index contributed by atoms with van der Waals surface area (Å²) < 4.78 is 0. The zero-order chi connectivity index (χ0) is 18.3. The predicted octanol–water partition coefficient (Wildman–Crippen LogP) is 2.92. The summed E-state index contributed by atoms with van der Waals surface area (Å²) in [6.07, 6.45) is 1.52. The van der Waals surface area contributed by atoms with Crippen LogP contribution >= 0.6 is 22.7 Å². The van der Waals surface area contributed by atoms with Gasteiger partial charge in [-0.3, -0.25) is 19.4 Å². The van der Waals surface area contributed by atoms with Gasteiger partial charge in [0, 0.05) is 22.8 Å². The van der Waals surface area contributed by atoms with Crippen molar-refractivity contribution in [3.8, 4) is 0 Å². The van der Waals surface area contributed by atoms with Crippen LogP contribution in [0.4, 0.5) is 4.79 Å². The van der Waals surface area contributed by atoms with Gasteiger partial charge in [-0.1, -0.05) is 13.0 Å². The molecular formula is C18H19N3O3S2. The van der Waals surface area contributed by atoms with E-state index >= 15 is 0 Å². The molecule has 1 fully saturated rings.